The molecule has 0 aliphatic carbocycles. The van der Waals surface area contributed by atoms with E-state index in [0.717, 1.165) is 83.9 Å². The van der Waals surface area contributed by atoms with Gasteiger partial charge in [0.05, 0.1) is 61.5 Å². The Labute approximate surface area is 313 Å². The third-order valence-electron chi connectivity index (χ3n) is 10.1. The molecule has 11 nitrogen and oxygen atoms in total. The summed E-state index contributed by atoms with van der Waals surface area (Å²) in [7, 11) is 2.17. The maximum absolute atomic E-state index is 6.70. The van der Waals surface area contributed by atoms with Gasteiger partial charge >= 0.3 is 0 Å². The Morgan fingerprint density at radius 2 is 1.82 bits per heavy atom. The number of aryl methyl sites for hydroxylation is 4. The molecule has 4 aromatic heterocycles. The molecule has 1 aliphatic heterocycles. The van der Waals surface area contributed by atoms with E-state index in [9.17, 15) is 0 Å². The zero-order valence-corrected chi connectivity index (χ0v) is 35.4. The Morgan fingerprint density at radius 3 is 2.46 bits per heavy atom. The van der Waals surface area contributed by atoms with Gasteiger partial charge in [-0.25, -0.2) is 9.36 Å². The van der Waals surface area contributed by atoms with E-state index in [1.165, 1.54) is 9.26 Å². The second-order valence-corrected chi connectivity index (χ2v) is 21.4. The van der Waals surface area contributed by atoms with Crippen LogP contribution in [0.2, 0.25) is 18.1 Å². The van der Waals surface area contributed by atoms with Crippen LogP contribution in [-0.4, -0.2) is 79.9 Å². The molecule has 1 saturated heterocycles. The summed E-state index contributed by atoms with van der Waals surface area (Å²) >= 11 is 2.43. The lowest BCUT2D eigenvalue weighted by atomic mass is 10.1. The van der Waals surface area contributed by atoms with E-state index in [4.69, 9.17) is 34.2 Å². The first-order chi connectivity index (χ1) is 23.4. The predicted molar refractivity (Wildman–Crippen MR) is 212 cm³/mol. The number of hydrogen-bond donors (Lipinski definition) is 0. The van der Waals surface area contributed by atoms with Crippen LogP contribution in [0.1, 0.15) is 88.6 Å². The highest BCUT2D eigenvalue weighted by atomic mass is 127. The quantitative estimate of drug-likeness (QED) is 0.0985. The lowest BCUT2D eigenvalue weighted by Crippen LogP contribution is -2.44. The van der Waals surface area contributed by atoms with Gasteiger partial charge in [0.2, 0.25) is 5.88 Å². The van der Waals surface area contributed by atoms with Crippen LogP contribution in [0, 0.1) is 24.3 Å². The van der Waals surface area contributed by atoms with Crippen LogP contribution in [0.3, 0.4) is 0 Å². The molecule has 5 rings (SSSR count). The first-order valence-electron chi connectivity index (χ1n) is 17.8. The van der Waals surface area contributed by atoms with Gasteiger partial charge in [0.1, 0.15) is 6.10 Å². The van der Waals surface area contributed by atoms with Gasteiger partial charge in [-0.3, -0.25) is 14.6 Å². The summed E-state index contributed by atoms with van der Waals surface area (Å²) in [6.07, 6.45) is 4.81. The summed E-state index contributed by atoms with van der Waals surface area (Å²) in [4.78, 5) is 7.40. The normalized spacial score (nSPS) is 17.1. The second kappa shape index (κ2) is 15.2. The zero-order chi connectivity index (χ0) is 36.7. The number of likely N-dealkylation sites (N-methyl/N-ethyl adjacent to an activating group) is 1. The summed E-state index contributed by atoms with van der Waals surface area (Å²) in [5.74, 6) is 0.699. The van der Waals surface area contributed by atoms with Gasteiger partial charge in [-0.2, -0.15) is 15.3 Å². The van der Waals surface area contributed by atoms with Crippen molar-refractivity contribution in [1.82, 2.24) is 39.2 Å². The van der Waals surface area contributed by atoms with Gasteiger partial charge < -0.3 is 13.9 Å². The van der Waals surface area contributed by atoms with Gasteiger partial charge in [-0.1, -0.05) is 27.4 Å². The van der Waals surface area contributed by atoms with Gasteiger partial charge in [0.25, 0.3) is 0 Å². The lowest BCUT2D eigenvalue weighted by molar-refractivity contribution is -0.0368. The molecule has 0 radical (unpaired) electrons. The third kappa shape index (κ3) is 8.06. The number of fused-ring (bicyclic) bond motifs is 1. The number of ether oxygens (including phenoxy) is 2. The van der Waals surface area contributed by atoms with Gasteiger partial charge in [0, 0.05) is 32.1 Å². The van der Waals surface area contributed by atoms with Crippen molar-refractivity contribution >= 4 is 47.9 Å². The summed E-state index contributed by atoms with van der Waals surface area (Å²) in [5, 5.41) is 15.8. The summed E-state index contributed by atoms with van der Waals surface area (Å²) in [6.45, 7) is 28.9. The van der Waals surface area contributed by atoms with Crippen LogP contribution >= 0.6 is 22.6 Å². The van der Waals surface area contributed by atoms with Gasteiger partial charge in [-0.05, 0) is 114 Å². The molecule has 1 fully saturated rings. The van der Waals surface area contributed by atoms with Crippen LogP contribution < -0.4 is 4.74 Å². The number of nitrogens with zero attached hydrogens (tertiary/aromatic N) is 8. The molecule has 50 heavy (non-hydrogen) atoms. The highest BCUT2D eigenvalue weighted by Crippen LogP contribution is 2.39. The van der Waals surface area contributed by atoms with Crippen molar-refractivity contribution in [2.24, 2.45) is 7.05 Å². The molecule has 0 bridgehead atoms. The number of halogens is 1. The maximum Gasteiger partial charge on any atom is 0.221 e. The average Bonchev–Trinajstić information content (AvgIpc) is 3.62. The van der Waals surface area contributed by atoms with Crippen LogP contribution in [0.4, 0.5) is 0 Å². The molecule has 4 aromatic rings. The lowest BCUT2D eigenvalue weighted by Gasteiger charge is -2.38. The molecule has 13 heteroatoms. The highest BCUT2D eigenvalue weighted by Gasteiger charge is 2.38. The van der Waals surface area contributed by atoms with Crippen LogP contribution in [-0.2, 0) is 29.3 Å². The highest BCUT2D eigenvalue weighted by molar-refractivity contribution is 14.1. The molecule has 5 heterocycles. The minimum Gasteiger partial charge on any atom is -0.473 e. The minimum absolute atomic E-state index is 0.0674. The fraction of sp³-hybridized carbons (Fsp3) is 0.622. The zero-order valence-electron chi connectivity index (χ0n) is 32.2. The third-order valence-corrected chi connectivity index (χ3v) is 16.1. The first kappa shape index (κ1) is 38.6. The van der Waals surface area contributed by atoms with E-state index < -0.39 is 8.32 Å². The molecule has 0 N–H and O–H groups in total. The average molecular weight is 817 g/mol. The molecule has 0 spiro atoms. The molecule has 0 amide bonds. The Balaban J connectivity index is 1.34. The Kier molecular flexibility index (Phi) is 11.7. The van der Waals surface area contributed by atoms with Crippen molar-refractivity contribution < 1.29 is 13.9 Å². The first-order valence-corrected chi connectivity index (χ1v) is 21.8. The number of rotatable bonds is 13. The summed E-state index contributed by atoms with van der Waals surface area (Å²) in [5.41, 5.74) is 7.51. The van der Waals surface area contributed by atoms with E-state index in [1.54, 1.807) is 0 Å². The van der Waals surface area contributed by atoms with Crippen molar-refractivity contribution in [2.75, 3.05) is 20.2 Å². The molecular weight excluding hydrogens is 759 g/mol. The molecule has 3 atom stereocenters. The Morgan fingerprint density at radius 1 is 1.10 bits per heavy atom. The Hall–Kier alpha value is -2.59. The molecule has 1 unspecified atom stereocenters. The van der Waals surface area contributed by atoms with Crippen molar-refractivity contribution in [3.63, 3.8) is 0 Å². The monoisotopic (exact) mass is 816 g/mol. The standard InChI is InChI=1S/C37H57IN8O3Si/c1-14-29-28-19-30(39-27(6)35(28)46(42-29)32-17-15-16-18-47-32)33-25(4)40-44(11)36(33)48-23(2)20-43(10)22-31-34(38)26(5)41-45(31)21-24(3)49-50(12,13)37(7,8)9/h14,19,23-24,32H,1,15-18,20-22H2,2-13H3/t23-,24-,32?/m0/s1. The van der Waals surface area contributed by atoms with Crippen molar-refractivity contribution in [1.29, 1.82) is 0 Å². The van der Waals surface area contributed by atoms with E-state index in [1.807, 2.05) is 36.3 Å². The molecule has 0 aromatic carbocycles. The number of hydrogen-bond acceptors (Lipinski definition) is 8. The fourth-order valence-corrected chi connectivity index (χ4v) is 8.69. The van der Waals surface area contributed by atoms with Crippen LogP contribution in [0.15, 0.2) is 12.6 Å². The largest absolute Gasteiger partial charge is 0.473 e. The van der Waals surface area contributed by atoms with E-state index in [-0.39, 0.29) is 23.5 Å². The number of pyridine rings is 1. The maximum atomic E-state index is 6.70. The summed E-state index contributed by atoms with van der Waals surface area (Å²) in [6, 6.07) is 2.10. The van der Waals surface area contributed by atoms with Crippen molar-refractivity contribution in [3.05, 3.63) is 44.7 Å². The number of aromatic nitrogens is 7. The SMILES string of the molecule is C=Cc1nn(C2CCCCO2)c2c(C)nc(-c3c(C)nn(C)c3O[C@@H](C)CN(C)Cc3c(I)c(C)nn3C[C@H](C)O[Si](C)(C)C(C)(C)C)cc12. The second-order valence-electron chi connectivity index (χ2n) is 15.6. The van der Waals surface area contributed by atoms with Crippen molar-refractivity contribution in [3.8, 4) is 17.1 Å². The molecule has 274 valence electrons. The van der Waals surface area contributed by atoms with E-state index >= 15 is 0 Å². The van der Waals surface area contributed by atoms with Gasteiger partial charge in [0.15, 0.2) is 14.5 Å². The Bertz CT molecular complexity index is 1830. The van der Waals surface area contributed by atoms with Crippen molar-refractivity contribution in [2.45, 2.75) is 124 Å². The smallest absolute Gasteiger partial charge is 0.221 e. The van der Waals surface area contributed by atoms with Gasteiger partial charge in [-0.15, -0.1) is 0 Å². The topological polar surface area (TPSA) is 97.3 Å². The van der Waals surface area contributed by atoms with E-state index in [0.29, 0.717) is 12.4 Å². The molecular formula is C37H57IN8O3Si. The molecule has 0 saturated carbocycles. The predicted octanol–water partition coefficient (Wildman–Crippen LogP) is 8.21. The van der Waals surface area contributed by atoms with Crippen LogP contribution in [0.25, 0.3) is 28.2 Å². The molecule has 1 aliphatic rings. The van der Waals surface area contributed by atoms with E-state index in [2.05, 4.69) is 107 Å². The minimum atomic E-state index is -1.89. The van der Waals surface area contributed by atoms with Crippen LogP contribution in [0.5, 0.6) is 5.88 Å². The fourth-order valence-electron chi connectivity index (χ4n) is 6.70. The summed E-state index contributed by atoms with van der Waals surface area (Å²) < 4.78 is 26.7.